The van der Waals surface area contributed by atoms with Gasteiger partial charge < -0.3 is 5.11 Å². The fraction of sp³-hybridized carbons (Fsp3) is 0.333. The van der Waals surface area contributed by atoms with Crippen molar-refractivity contribution in [3.05, 3.63) is 33.2 Å². The summed E-state index contributed by atoms with van der Waals surface area (Å²) < 4.78 is 25.5. The Kier molecular flexibility index (Phi) is 6.36. The van der Waals surface area contributed by atoms with Gasteiger partial charge in [-0.1, -0.05) is 0 Å². The lowest BCUT2D eigenvalue weighted by Gasteiger charge is -1.95. The zero-order valence-electron chi connectivity index (χ0n) is 9.51. The number of aliphatic hydroxyl groups excluding tert-OH is 1. The highest BCUT2D eigenvalue weighted by Crippen LogP contribution is 2.06. The highest BCUT2D eigenvalue weighted by Gasteiger charge is 2.03. The zero-order chi connectivity index (χ0) is 13.4. The molecule has 1 N–H and O–H groups in total. The minimum absolute atomic E-state index is 0.0382. The predicted molar refractivity (Wildman–Crippen MR) is 69.8 cm³/mol. The van der Waals surface area contributed by atoms with E-state index in [9.17, 15) is 8.42 Å². The summed E-state index contributed by atoms with van der Waals surface area (Å²) in [6.07, 6.45) is 4.29. The lowest BCUT2D eigenvalue weighted by Crippen LogP contribution is -2.01. The lowest BCUT2D eigenvalue weighted by atomic mass is 10.8. The first-order chi connectivity index (χ1) is 8.51. The topological polar surface area (TPSA) is 89.4 Å². The van der Waals surface area contributed by atoms with Crippen molar-refractivity contribution in [1.29, 1.82) is 0 Å². The largest absolute Gasteiger partial charge is 0.389 e. The van der Waals surface area contributed by atoms with E-state index in [1.807, 2.05) is 5.38 Å². The first-order valence-corrected chi connectivity index (χ1v) is 8.31. The van der Waals surface area contributed by atoms with Crippen LogP contribution in [0.15, 0.2) is 23.2 Å². The second kappa shape index (κ2) is 7.54. The number of hydrogen-bond donors (Lipinski definition) is 1. The molecule has 0 aliphatic carbocycles. The molecule has 0 aliphatic heterocycles. The van der Waals surface area contributed by atoms with Crippen LogP contribution in [0.1, 0.15) is 10.0 Å². The molecule has 0 radical (unpaired) electrons. The van der Waals surface area contributed by atoms with Gasteiger partial charge in [-0.15, -0.1) is 22.7 Å². The third-order valence-electron chi connectivity index (χ3n) is 1.50. The van der Waals surface area contributed by atoms with Crippen LogP contribution in [0, 0.1) is 0 Å². The maximum atomic E-state index is 10.5. The Morgan fingerprint density at radius 3 is 2.11 bits per heavy atom. The van der Waals surface area contributed by atoms with Crippen molar-refractivity contribution in [2.24, 2.45) is 0 Å². The summed E-state index contributed by atoms with van der Waals surface area (Å²) in [7, 11) is -3.33. The molecule has 0 saturated carbocycles. The summed E-state index contributed by atoms with van der Waals surface area (Å²) in [6.45, 7) is 0.105. The van der Waals surface area contributed by atoms with Gasteiger partial charge in [-0.05, 0) is 0 Å². The molecule has 6 nitrogen and oxygen atoms in total. The number of hydrogen-bond acceptors (Lipinski definition) is 8. The molecule has 18 heavy (non-hydrogen) atoms. The van der Waals surface area contributed by atoms with E-state index in [0.717, 1.165) is 11.3 Å². The summed E-state index contributed by atoms with van der Waals surface area (Å²) >= 11 is 2.82. The Morgan fingerprint density at radius 2 is 1.78 bits per heavy atom. The monoisotopic (exact) mass is 308 g/mol. The minimum Gasteiger partial charge on any atom is -0.389 e. The Morgan fingerprint density at radius 1 is 1.22 bits per heavy atom. The highest BCUT2D eigenvalue weighted by atomic mass is 32.2. The van der Waals surface area contributed by atoms with Gasteiger partial charge >= 0.3 is 0 Å². The minimum atomic E-state index is -3.33. The third kappa shape index (κ3) is 6.77. The molecule has 9 heteroatoms. The van der Waals surface area contributed by atoms with Crippen molar-refractivity contribution < 1.29 is 17.7 Å². The fourth-order valence-electron chi connectivity index (χ4n) is 0.813. The van der Waals surface area contributed by atoms with E-state index in [-0.39, 0.29) is 13.2 Å². The lowest BCUT2D eigenvalue weighted by molar-refractivity contribution is 0.281. The maximum absolute atomic E-state index is 10.5. The second-order valence-corrected chi connectivity index (χ2v) is 6.58. The van der Waals surface area contributed by atoms with Crippen LogP contribution < -0.4 is 0 Å². The zero-order valence-corrected chi connectivity index (χ0v) is 12.0. The molecule has 0 unspecified atom stereocenters. The van der Waals surface area contributed by atoms with Crippen LogP contribution in [0.2, 0.25) is 0 Å². The first kappa shape index (κ1) is 15.2. The summed E-state index contributed by atoms with van der Waals surface area (Å²) in [5, 5.41) is 13.4. The molecule has 0 spiro atoms. The number of aromatic nitrogens is 2. The van der Waals surface area contributed by atoms with Crippen LogP contribution in [-0.2, 0) is 27.5 Å². The number of rotatable bonds is 4. The Balaban J connectivity index is 0.000000199. The van der Waals surface area contributed by atoms with Gasteiger partial charge in [0.05, 0.1) is 12.9 Å². The van der Waals surface area contributed by atoms with E-state index in [2.05, 4.69) is 14.2 Å². The Hall–Kier alpha value is -0.870. The van der Waals surface area contributed by atoms with Crippen LogP contribution in [0.5, 0.6) is 0 Å². The quantitative estimate of drug-likeness (QED) is 0.855. The average molecular weight is 308 g/mol. The molecule has 2 heterocycles. The Labute approximate surface area is 113 Å². The molecular weight excluding hydrogens is 296 g/mol. The van der Waals surface area contributed by atoms with Gasteiger partial charge in [0.25, 0.3) is 10.1 Å². The van der Waals surface area contributed by atoms with Crippen molar-refractivity contribution in [1.82, 2.24) is 9.97 Å². The number of aliphatic hydroxyl groups is 1. The average Bonchev–Trinajstić information content (AvgIpc) is 2.99. The van der Waals surface area contributed by atoms with E-state index in [1.54, 1.807) is 17.8 Å². The molecule has 0 bridgehead atoms. The molecule has 0 fully saturated rings. The van der Waals surface area contributed by atoms with Gasteiger partial charge in [0.1, 0.15) is 16.6 Å². The van der Waals surface area contributed by atoms with Crippen LogP contribution in [0.3, 0.4) is 0 Å². The molecule has 0 amide bonds. The third-order valence-corrected chi connectivity index (χ3v) is 3.56. The standard InChI is InChI=1S/C5H7NO3S2.C4H5NOS/c1-11(7,8)9-4-5-6-2-3-10-5;6-3-4-5-1-2-7-4/h2-3H,4H2,1H3;1-2,6H,3H2. The SMILES string of the molecule is CS(=O)(=O)OCc1nccs1.OCc1nccs1. The van der Waals surface area contributed by atoms with E-state index in [4.69, 9.17) is 5.11 Å². The van der Waals surface area contributed by atoms with E-state index in [0.29, 0.717) is 5.01 Å². The second-order valence-electron chi connectivity index (χ2n) is 2.98. The van der Waals surface area contributed by atoms with Gasteiger partial charge in [-0.3, -0.25) is 4.18 Å². The van der Waals surface area contributed by atoms with Crippen molar-refractivity contribution in [2.45, 2.75) is 13.2 Å². The van der Waals surface area contributed by atoms with Gasteiger partial charge in [0.15, 0.2) is 0 Å². The predicted octanol–water partition coefficient (Wildman–Crippen LogP) is 1.25. The summed E-state index contributed by atoms with van der Waals surface area (Å²) in [4.78, 5) is 7.65. The molecule has 0 aromatic carbocycles. The highest BCUT2D eigenvalue weighted by molar-refractivity contribution is 7.85. The molecule has 2 rings (SSSR count). The molecular formula is C9H12N2O4S3. The molecule has 2 aromatic heterocycles. The first-order valence-electron chi connectivity index (χ1n) is 4.73. The fourth-order valence-corrected chi connectivity index (χ4v) is 2.22. The molecule has 0 atom stereocenters. The Bertz CT molecular complexity index is 522. The summed E-state index contributed by atoms with van der Waals surface area (Å²) in [6, 6.07) is 0. The summed E-state index contributed by atoms with van der Waals surface area (Å²) in [5.74, 6) is 0. The van der Waals surface area contributed by atoms with Crippen molar-refractivity contribution in [3.63, 3.8) is 0 Å². The van der Waals surface area contributed by atoms with E-state index in [1.165, 1.54) is 22.7 Å². The van der Waals surface area contributed by atoms with Crippen LogP contribution in [-0.4, -0.2) is 29.7 Å². The van der Waals surface area contributed by atoms with Gasteiger partial charge in [0.2, 0.25) is 0 Å². The van der Waals surface area contributed by atoms with Gasteiger partial charge in [-0.25, -0.2) is 9.97 Å². The van der Waals surface area contributed by atoms with Crippen molar-refractivity contribution >= 4 is 32.8 Å². The normalized spacial score (nSPS) is 10.8. The maximum Gasteiger partial charge on any atom is 0.264 e. The molecule has 100 valence electrons. The van der Waals surface area contributed by atoms with Crippen molar-refractivity contribution in [2.75, 3.05) is 6.26 Å². The van der Waals surface area contributed by atoms with Gasteiger partial charge in [-0.2, -0.15) is 8.42 Å². The van der Waals surface area contributed by atoms with E-state index >= 15 is 0 Å². The van der Waals surface area contributed by atoms with Gasteiger partial charge in [0, 0.05) is 23.2 Å². The number of thiazole rings is 2. The van der Waals surface area contributed by atoms with Crippen LogP contribution >= 0.6 is 22.7 Å². The smallest absolute Gasteiger partial charge is 0.264 e. The van der Waals surface area contributed by atoms with Crippen LogP contribution in [0.4, 0.5) is 0 Å². The molecule has 0 aliphatic rings. The van der Waals surface area contributed by atoms with E-state index < -0.39 is 10.1 Å². The van der Waals surface area contributed by atoms with Crippen LogP contribution in [0.25, 0.3) is 0 Å². The molecule has 0 saturated heterocycles. The molecule has 2 aromatic rings. The number of nitrogens with zero attached hydrogens (tertiary/aromatic N) is 2. The summed E-state index contributed by atoms with van der Waals surface area (Å²) in [5.41, 5.74) is 0. The van der Waals surface area contributed by atoms with Crippen molar-refractivity contribution in [3.8, 4) is 0 Å².